The molecule has 0 aliphatic rings. The summed E-state index contributed by atoms with van der Waals surface area (Å²) >= 11 is 0. The van der Waals surface area contributed by atoms with Crippen LogP contribution >= 0.6 is 0 Å². The second kappa shape index (κ2) is 4.10. The Labute approximate surface area is 87.3 Å². The van der Waals surface area contributed by atoms with E-state index in [4.69, 9.17) is 10.4 Å². The minimum Gasteiger partial charge on any atom is -0.314 e. The average molecular weight is 204 g/mol. The summed E-state index contributed by atoms with van der Waals surface area (Å²) < 4.78 is 4.82. The number of nitrogens with two attached hydrogens (primary N) is 1. The van der Waals surface area contributed by atoms with E-state index in [9.17, 15) is 0 Å². The van der Waals surface area contributed by atoms with Crippen LogP contribution in [0.25, 0.3) is 0 Å². The number of anilines is 1. The Morgan fingerprint density at radius 1 is 1.47 bits per heavy atom. The molecular formula is C10H12N4O. The molecule has 0 bridgehead atoms. The van der Waals surface area contributed by atoms with Crippen LogP contribution in [0.1, 0.15) is 17.0 Å². The van der Waals surface area contributed by atoms with Gasteiger partial charge in [-0.15, -0.1) is 0 Å². The lowest BCUT2D eigenvalue weighted by Gasteiger charge is -1.97. The van der Waals surface area contributed by atoms with Gasteiger partial charge >= 0.3 is 6.01 Å². The van der Waals surface area contributed by atoms with Crippen molar-refractivity contribution in [1.29, 1.82) is 0 Å². The van der Waals surface area contributed by atoms with Crippen molar-refractivity contribution in [3.8, 4) is 0 Å². The highest BCUT2D eigenvalue weighted by Crippen LogP contribution is 2.10. The Bertz CT molecular complexity index is 452. The molecule has 5 nitrogen and oxygen atoms in total. The quantitative estimate of drug-likeness (QED) is 0.581. The van der Waals surface area contributed by atoms with Gasteiger partial charge in [0.25, 0.3) is 0 Å². The first-order valence-corrected chi connectivity index (χ1v) is 4.62. The first-order chi connectivity index (χ1) is 7.28. The van der Waals surface area contributed by atoms with Gasteiger partial charge in [-0.1, -0.05) is 35.0 Å². The van der Waals surface area contributed by atoms with Crippen molar-refractivity contribution in [2.24, 2.45) is 5.84 Å². The van der Waals surface area contributed by atoms with E-state index >= 15 is 0 Å². The number of aryl methyl sites for hydroxylation is 1. The SMILES string of the molecule is Cc1cccc(Cc2noc(NN)n2)c1. The highest BCUT2D eigenvalue weighted by molar-refractivity contribution is 5.25. The Morgan fingerprint density at radius 2 is 2.33 bits per heavy atom. The van der Waals surface area contributed by atoms with E-state index in [2.05, 4.69) is 21.6 Å². The third kappa shape index (κ3) is 2.32. The third-order valence-electron chi connectivity index (χ3n) is 2.04. The Balaban J connectivity index is 2.14. The van der Waals surface area contributed by atoms with Crippen LogP contribution in [0, 0.1) is 6.92 Å². The third-order valence-corrected chi connectivity index (χ3v) is 2.04. The Morgan fingerprint density at radius 3 is 3.00 bits per heavy atom. The van der Waals surface area contributed by atoms with Crippen LogP contribution < -0.4 is 11.3 Å². The summed E-state index contributed by atoms with van der Waals surface area (Å²) in [5.41, 5.74) is 4.67. The van der Waals surface area contributed by atoms with Crippen molar-refractivity contribution in [1.82, 2.24) is 10.1 Å². The van der Waals surface area contributed by atoms with E-state index in [0.717, 1.165) is 5.56 Å². The zero-order chi connectivity index (χ0) is 10.7. The molecule has 0 fully saturated rings. The average Bonchev–Trinajstić information content (AvgIpc) is 2.65. The maximum Gasteiger partial charge on any atom is 0.335 e. The molecule has 0 atom stereocenters. The Hall–Kier alpha value is -1.88. The van der Waals surface area contributed by atoms with Crippen molar-refractivity contribution in [3.05, 3.63) is 41.2 Å². The molecule has 0 aliphatic carbocycles. The summed E-state index contributed by atoms with van der Waals surface area (Å²) in [5.74, 6) is 5.75. The summed E-state index contributed by atoms with van der Waals surface area (Å²) in [7, 11) is 0. The van der Waals surface area contributed by atoms with Gasteiger partial charge in [0.2, 0.25) is 0 Å². The topological polar surface area (TPSA) is 77.0 Å². The molecular weight excluding hydrogens is 192 g/mol. The summed E-state index contributed by atoms with van der Waals surface area (Å²) in [5, 5.41) is 3.78. The number of nitrogens with zero attached hydrogens (tertiary/aromatic N) is 2. The highest BCUT2D eigenvalue weighted by Gasteiger charge is 2.05. The van der Waals surface area contributed by atoms with Crippen molar-refractivity contribution in [2.45, 2.75) is 13.3 Å². The van der Waals surface area contributed by atoms with Crippen LogP contribution in [0.5, 0.6) is 0 Å². The number of aromatic nitrogens is 2. The first kappa shape index (κ1) is 9.67. The lowest BCUT2D eigenvalue weighted by atomic mass is 10.1. The van der Waals surface area contributed by atoms with Crippen molar-refractivity contribution in [3.63, 3.8) is 0 Å². The lowest BCUT2D eigenvalue weighted by molar-refractivity contribution is 0.424. The molecule has 1 aromatic carbocycles. The second-order valence-corrected chi connectivity index (χ2v) is 3.33. The molecule has 0 saturated heterocycles. The molecule has 2 aromatic rings. The number of hydrogen-bond donors (Lipinski definition) is 2. The predicted octanol–water partition coefficient (Wildman–Crippen LogP) is 1.25. The molecule has 0 unspecified atom stereocenters. The number of nitrogen functional groups attached to an aromatic ring is 1. The fourth-order valence-electron chi connectivity index (χ4n) is 1.39. The second-order valence-electron chi connectivity index (χ2n) is 3.33. The van der Waals surface area contributed by atoms with Crippen molar-refractivity contribution in [2.75, 3.05) is 5.43 Å². The van der Waals surface area contributed by atoms with Gasteiger partial charge in [-0.05, 0) is 12.5 Å². The number of hydrogen-bond acceptors (Lipinski definition) is 5. The maximum absolute atomic E-state index is 5.13. The standard InChI is InChI=1S/C10H12N4O/c1-7-3-2-4-8(5-7)6-9-12-10(13-11)15-14-9/h2-5H,6,11H2,1H3,(H,12,13,14). The van der Waals surface area contributed by atoms with Gasteiger partial charge < -0.3 is 4.52 Å². The highest BCUT2D eigenvalue weighted by atomic mass is 16.5. The predicted molar refractivity (Wildman–Crippen MR) is 56.1 cm³/mol. The molecule has 2 rings (SSSR count). The summed E-state index contributed by atoms with van der Waals surface area (Å²) in [6.07, 6.45) is 0.646. The normalized spacial score (nSPS) is 10.3. The molecule has 78 valence electrons. The van der Waals surface area contributed by atoms with Crippen LogP contribution in [0.15, 0.2) is 28.8 Å². The largest absolute Gasteiger partial charge is 0.335 e. The number of rotatable bonds is 3. The minimum atomic E-state index is 0.234. The first-order valence-electron chi connectivity index (χ1n) is 4.62. The van der Waals surface area contributed by atoms with Crippen LogP contribution in [0.4, 0.5) is 6.01 Å². The summed E-state index contributed by atoms with van der Waals surface area (Å²) in [4.78, 5) is 4.04. The zero-order valence-corrected chi connectivity index (χ0v) is 8.40. The molecule has 0 radical (unpaired) electrons. The molecule has 0 saturated carbocycles. The van der Waals surface area contributed by atoms with Gasteiger partial charge in [0.1, 0.15) is 0 Å². The molecule has 0 amide bonds. The monoisotopic (exact) mass is 204 g/mol. The smallest absolute Gasteiger partial charge is 0.314 e. The lowest BCUT2D eigenvalue weighted by Crippen LogP contribution is -2.06. The van der Waals surface area contributed by atoms with Crippen LogP contribution in [0.3, 0.4) is 0 Å². The van der Waals surface area contributed by atoms with Gasteiger partial charge in [0.05, 0.1) is 0 Å². The molecule has 1 aromatic heterocycles. The fraction of sp³-hybridized carbons (Fsp3) is 0.200. The van der Waals surface area contributed by atoms with Crippen LogP contribution in [-0.2, 0) is 6.42 Å². The van der Waals surface area contributed by atoms with Crippen molar-refractivity contribution >= 4 is 6.01 Å². The van der Waals surface area contributed by atoms with Gasteiger partial charge in [0.15, 0.2) is 5.82 Å². The van der Waals surface area contributed by atoms with Crippen molar-refractivity contribution < 1.29 is 4.52 Å². The molecule has 15 heavy (non-hydrogen) atoms. The van der Waals surface area contributed by atoms with E-state index in [1.807, 2.05) is 25.1 Å². The van der Waals surface area contributed by atoms with E-state index in [1.54, 1.807) is 0 Å². The van der Waals surface area contributed by atoms with Crippen LogP contribution in [0.2, 0.25) is 0 Å². The molecule has 0 spiro atoms. The summed E-state index contributed by atoms with van der Waals surface area (Å²) in [6.45, 7) is 2.05. The number of benzene rings is 1. The van der Waals surface area contributed by atoms with E-state index in [1.165, 1.54) is 5.56 Å². The number of nitrogens with one attached hydrogen (secondary N) is 1. The van der Waals surface area contributed by atoms with Gasteiger partial charge in [0, 0.05) is 6.42 Å². The Kier molecular flexibility index (Phi) is 2.64. The minimum absolute atomic E-state index is 0.234. The van der Waals surface area contributed by atoms with E-state index in [0.29, 0.717) is 12.2 Å². The molecule has 1 heterocycles. The number of hydrazine groups is 1. The van der Waals surface area contributed by atoms with Crippen LogP contribution in [-0.4, -0.2) is 10.1 Å². The fourth-order valence-corrected chi connectivity index (χ4v) is 1.39. The van der Waals surface area contributed by atoms with Gasteiger partial charge in [-0.2, -0.15) is 4.98 Å². The van der Waals surface area contributed by atoms with Gasteiger partial charge in [-0.25, -0.2) is 5.84 Å². The molecule has 3 N–H and O–H groups in total. The zero-order valence-electron chi connectivity index (χ0n) is 8.40. The maximum atomic E-state index is 5.13. The van der Waals surface area contributed by atoms with E-state index in [-0.39, 0.29) is 6.01 Å². The molecule has 5 heteroatoms. The summed E-state index contributed by atoms with van der Waals surface area (Å²) in [6, 6.07) is 8.40. The van der Waals surface area contributed by atoms with E-state index < -0.39 is 0 Å². The van der Waals surface area contributed by atoms with Gasteiger partial charge in [-0.3, -0.25) is 5.43 Å². The molecule has 0 aliphatic heterocycles.